The number of rotatable bonds is 3. The van der Waals surface area contributed by atoms with Crippen LogP contribution in [0.3, 0.4) is 0 Å². The van der Waals surface area contributed by atoms with Crippen molar-refractivity contribution in [2.24, 2.45) is 5.92 Å². The third kappa shape index (κ3) is 2.75. The van der Waals surface area contributed by atoms with Crippen molar-refractivity contribution < 1.29 is 14.7 Å². The van der Waals surface area contributed by atoms with Crippen molar-refractivity contribution in [1.82, 2.24) is 14.8 Å². The van der Waals surface area contributed by atoms with Gasteiger partial charge in [-0.25, -0.2) is 0 Å². The predicted molar refractivity (Wildman–Crippen MR) is 106 cm³/mol. The molecule has 1 saturated heterocycles. The second-order valence-corrected chi connectivity index (χ2v) is 8.40. The van der Waals surface area contributed by atoms with E-state index in [1.807, 2.05) is 36.1 Å². The summed E-state index contributed by atoms with van der Waals surface area (Å²) >= 11 is 0. The zero-order chi connectivity index (χ0) is 20.3. The Morgan fingerprint density at radius 3 is 2.90 bits per heavy atom. The summed E-state index contributed by atoms with van der Waals surface area (Å²) in [6, 6.07) is 8.02. The second kappa shape index (κ2) is 6.47. The van der Waals surface area contributed by atoms with Crippen molar-refractivity contribution in [2.45, 2.75) is 51.4 Å². The number of amides is 2. The molecule has 1 aromatic carbocycles. The first-order valence-corrected chi connectivity index (χ1v) is 10.1. The standard InChI is InChI=1S/C22H23N3O4/c1-12-3-2-4-13(7-12)9-23-21(28)16-10-24-11-17-14-5-6-15(8-14)25(17)22(29)18(24)20(27)19(16)26/h2-4,7,10,14-15,17,27H,5-6,8-9,11H2,1H3,(H,23,28)/t14-,15+,17+/m1/s1. The molecular formula is C22H23N3O4. The van der Waals surface area contributed by atoms with Gasteiger partial charge in [-0.1, -0.05) is 29.8 Å². The fourth-order valence-corrected chi connectivity index (χ4v) is 5.25. The molecule has 1 aliphatic carbocycles. The lowest BCUT2D eigenvalue weighted by Gasteiger charge is -2.40. The Hall–Kier alpha value is -3.09. The number of piperidine rings is 1. The average Bonchev–Trinajstić information content (AvgIpc) is 3.31. The summed E-state index contributed by atoms with van der Waals surface area (Å²) in [7, 11) is 0. The largest absolute Gasteiger partial charge is 0.503 e. The van der Waals surface area contributed by atoms with Crippen molar-refractivity contribution in [2.75, 3.05) is 0 Å². The van der Waals surface area contributed by atoms with E-state index < -0.39 is 17.1 Å². The minimum Gasteiger partial charge on any atom is -0.503 e. The molecule has 3 heterocycles. The molecule has 2 aromatic rings. The third-order valence-corrected chi connectivity index (χ3v) is 6.60. The van der Waals surface area contributed by atoms with Crippen molar-refractivity contribution in [3.63, 3.8) is 0 Å². The summed E-state index contributed by atoms with van der Waals surface area (Å²) in [6.07, 6.45) is 4.51. The van der Waals surface area contributed by atoms with Gasteiger partial charge in [0.25, 0.3) is 11.8 Å². The van der Waals surface area contributed by atoms with Crippen LogP contribution in [0, 0.1) is 12.8 Å². The van der Waals surface area contributed by atoms with Crippen molar-refractivity contribution in [3.8, 4) is 5.75 Å². The Kier molecular flexibility index (Phi) is 4.01. The zero-order valence-corrected chi connectivity index (χ0v) is 16.2. The van der Waals surface area contributed by atoms with Crippen LogP contribution in [0.15, 0.2) is 35.3 Å². The molecule has 2 fully saturated rings. The number of hydrogen-bond donors (Lipinski definition) is 2. The molecular weight excluding hydrogens is 370 g/mol. The number of nitrogens with zero attached hydrogens (tertiary/aromatic N) is 2. The number of nitrogens with one attached hydrogen (secondary N) is 1. The quantitative estimate of drug-likeness (QED) is 0.832. The van der Waals surface area contributed by atoms with Crippen LogP contribution in [0.1, 0.15) is 51.2 Å². The van der Waals surface area contributed by atoms with Gasteiger partial charge in [0.05, 0.1) is 6.04 Å². The molecule has 1 aromatic heterocycles. The Labute approximate surface area is 168 Å². The Morgan fingerprint density at radius 1 is 1.28 bits per heavy atom. The minimum absolute atomic E-state index is 0.00836. The summed E-state index contributed by atoms with van der Waals surface area (Å²) < 4.78 is 1.60. The van der Waals surface area contributed by atoms with Gasteiger partial charge in [0.1, 0.15) is 5.56 Å². The molecule has 0 radical (unpaired) electrons. The van der Waals surface area contributed by atoms with E-state index in [0.29, 0.717) is 12.5 Å². The predicted octanol–water partition coefficient (Wildman–Crippen LogP) is 1.80. The maximum absolute atomic E-state index is 13.0. The lowest BCUT2D eigenvalue weighted by molar-refractivity contribution is 0.0482. The molecule has 2 N–H and O–H groups in total. The van der Waals surface area contributed by atoms with Crippen LogP contribution in [0.4, 0.5) is 0 Å². The number of fused-ring (bicyclic) bond motifs is 6. The highest BCUT2D eigenvalue weighted by Crippen LogP contribution is 2.45. The molecule has 5 rings (SSSR count). The molecule has 3 atom stereocenters. The normalized spacial score (nSPS) is 24.4. The van der Waals surface area contributed by atoms with Crippen LogP contribution < -0.4 is 10.7 Å². The van der Waals surface area contributed by atoms with Crippen molar-refractivity contribution in [3.05, 3.63) is 63.1 Å². The molecule has 2 amide bonds. The van der Waals surface area contributed by atoms with Crippen molar-refractivity contribution in [1.29, 1.82) is 0 Å². The molecule has 0 spiro atoms. The summed E-state index contributed by atoms with van der Waals surface area (Å²) in [4.78, 5) is 40.2. The lowest BCUT2D eigenvalue weighted by Crippen LogP contribution is -2.52. The van der Waals surface area contributed by atoms with E-state index in [9.17, 15) is 19.5 Å². The van der Waals surface area contributed by atoms with Crippen LogP contribution in [0.2, 0.25) is 0 Å². The lowest BCUT2D eigenvalue weighted by atomic mass is 9.95. The number of benzene rings is 1. The molecule has 3 aliphatic rings. The van der Waals surface area contributed by atoms with Gasteiger partial charge >= 0.3 is 0 Å². The van der Waals surface area contributed by atoms with Gasteiger partial charge in [-0.05, 0) is 37.7 Å². The molecule has 1 saturated carbocycles. The van der Waals surface area contributed by atoms with E-state index in [-0.39, 0.29) is 35.8 Å². The summed E-state index contributed by atoms with van der Waals surface area (Å²) in [5.74, 6) is -1.02. The first kappa shape index (κ1) is 18.0. The van der Waals surface area contributed by atoms with Crippen molar-refractivity contribution >= 4 is 11.8 Å². The number of aryl methyl sites for hydroxylation is 1. The molecule has 7 nitrogen and oxygen atoms in total. The molecule has 150 valence electrons. The first-order chi connectivity index (χ1) is 13.9. The van der Waals surface area contributed by atoms with Gasteiger partial charge in [-0.2, -0.15) is 0 Å². The number of aromatic hydroxyl groups is 1. The number of aromatic nitrogens is 1. The number of carbonyl (C=O) groups is 2. The third-order valence-electron chi connectivity index (χ3n) is 6.60. The average molecular weight is 393 g/mol. The van der Waals surface area contributed by atoms with Gasteiger partial charge in [-0.3, -0.25) is 14.4 Å². The Balaban J connectivity index is 1.45. The fourth-order valence-electron chi connectivity index (χ4n) is 5.25. The van der Waals surface area contributed by atoms with Gasteiger partial charge in [0.2, 0.25) is 5.43 Å². The highest BCUT2D eigenvalue weighted by molar-refractivity contribution is 5.99. The highest BCUT2D eigenvalue weighted by Gasteiger charge is 2.51. The summed E-state index contributed by atoms with van der Waals surface area (Å²) in [5, 5.41) is 13.2. The second-order valence-electron chi connectivity index (χ2n) is 8.40. The van der Waals surface area contributed by atoms with Gasteiger partial charge in [-0.15, -0.1) is 0 Å². The molecule has 0 unspecified atom stereocenters. The minimum atomic E-state index is -0.797. The van der Waals surface area contributed by atoms with E-state index in [1.54, 1.807) is 4.57 Å². The smallest absolute Gasteiger partial charge is 0.275 e. The van der Waals surface area contributed by atoms with Gasteiger partial charge < -0.3 is 19.9 Å². The van der Waals surface area contributed by atoms with Crippen LogP contribution in [-0.2, 0) is 13.1 Å². The van der Waals surface area contributed by atoms with Crippen LogP contribution in [0.25, 0.3) is 0 Å². The van der Waals surface area contributed by atoms with Crippen LogP contribution >= 0.6 is 0 Å². The topological polar surface area (TPSA) is 91.6 Å². The number of hydrogen-bond acceptors (Lipinski definition) is 4. The maximum atomic E-state index is 13.0. The van der Waals surface area contributed by atoms with Crippen LogP contribution in [-0.4, -0.2) is 38.5 Å². The molecule has 2 aliphatic heterocycles. The molecule has 2 bridgehead atoms. The van der Waals surface area contributed by atoms with E-state index >= 15 is 0 Å². The van der Waals surface area contributed by atoms with Gasteiger partial charge in [0.15, 0.2) is 11.4 Å². The monoisotopic (exact) mass is 393 g/mol. The van der Waals surface area contributed by atoms with Gasteiger partial charge in [0, 0.05) is 25.3 Å². The van der Waals surface area contributed by atoms with E-state index in [0.717, 1.165) is 30.4 Å². The fraction of sp³-hybridized carbons (Fsp3) is 0.409. The molecule has 7 heteroatoms. The summed E-state index contributed by atoms with van der Waals surface area (Å²) in [5.41, 5.74) is 1.08. The number of carbonyl (C=O) groups excluding carboxylic acids is 2. The van der Waals surface area contributed by atoms with E-state index in [4.69, 9.17) is 0 Å². The maximum Gasteiger partial charge on any atom is 0.275 e. The summed E-state index contributed by atoms with van der Waals surface area (Å²) in [6.45, 7) is 2.75. The Bertz CT molecular complexity index is 1090. The zero-order valence-electron chi connectivity index (χ0n) is 16.2. The first-order valence-electron chi connectivity index (χ1n) is 10.1. The van der Waals surface area contributed by atoms with Crippen LogP contribution in [0.5, 0.6) is 5.75 Å². The number of pyridine rings is 1. The van der Waals surface area contributed by atoms with E-state index in [1.165, 1.54) is 6.20 Å². The molecule has 29 heavy (non-hydrogen) atoms. The SMILES string of the molecule is Cc1cccc(CNC(=O)c2cn3c(c(O)c2=O)C(=O)N2[C@H]4CC[C@H](C4)[C@@H]2C3)c1. The Morgan fingerprint density at radius 2 is 2.10 bits per heavy atom. The highest BCUT2D eigenvalue weighted by atomic mass is 16.3. The van der Waals surface area contributed by atoms with E-state index in [2.05, 4.69) is 5.32 Å².